The summed E-state index contributed by atoms with van der Waals surface area (Å²) in [5.41, 5.74) is 7.51. The van der Waals surface area contributed by atoms with Crippen LogP contribution in [0.15, 0.2) is 18.2 Å². The predicted molar refractivity (Wildman–Crippen MR) is 87.1 cm³/mol. The minimum atomic E-state index is 0.686. The number of allylic oxidation sites excluding steroid dienone is 2. The quantitative estimate of drug-likeness (QED) is 0.536. The highest BCUT2D eigenvalue weighted by Gasteiger charge is 2.17. The summed E-state index contributed by atoms with van der Waals surface area (Å²) in [4.78, 5) is 0. The van der Waals surface area contributed by atoms with E-state index in [-0.39, 0.29) is 0 Å². The zero-order valence-electron chi connectivity index (χ0n) is 13.6. The van der Waals surface area contributed by atoms with E-state index in [9.17, 15) is 0 Å². The number of rotatable bonds is 6. The van der Waals surface area contributed by atoms with E-state index in [1.165, 1.54) is 41.5 Å². The molecule has 0 aliphatic rings. The highest BCUT2D eigenvalue weighted by Crippen LogP contribution is 2.33. The van der Waals surface area contributed by atoms with Gasteiger partial charge in [0.05, 0.1) is 0 Å². The van der Waals surface area contributed by atoms with Gasteiger partial charge in [0.1, 0.15) is 0 Å². The maximum atomic E-state index is 2.37. The average Bonchev–Trinajstić information content (AvgIpc) is 2.37. The molecule has 0 aliphatic heterocycles. The van der Waals surface area contributed by atoms with Gasteiger partial charge in [-0.05, 0) is 80.7 Å². The molecule has 1 unspecified atom stereocenters. The minimum Gasteiger partial charge on any atom is -0.0888 e. The van der Waals surface area contributed by atoms with E-state index in [1.807, 2.05) is 0 Å². The molecule has 0 N–H and O–H groups in total. The lowest BCUT2D eigenvalue weighted by atomic mass is 9.82. The van der Waals surface area contributed by atoms with Crippen LogP contribution in [-0.2, 0) is 0 Å². The molecule has 0 fully saturated rings. The molecule has 0 spiro atoms. The van der Waals surface area contributed by atoms with Crippen LogP contribution < -0.4 is 0 Å². The van der Waals surface area contributed by atoms with Gasteiger partial charge in [0.25, 0.3) is 0 Å². The first kappa shape index (κ1) is 16.0. The molecule has 1 aromatic rings. The zero-order valence-corrected chi connectivity index (χ0v) is 13.6. The third kappa shape index (κ3) is 3.96. The smallest absolute Gasteiger partial charge is 0.0122 e. The second kappa shape index (κ2) is 7.53. The minimum absolute atomic E-state index is 0.686. The van der Waals surface area contributed by atoms with Crippen LogP contribution in [0, 0.1) is 27.7 Å². The largest absolute Gasteiger partial charge is 0.0888 e. The molecule has 0 heterocycles. The van der Waals surface area contributed by atoms with E-state index in [2.05, 4.69) is 59.8 Å². The average molecular weight is 258 g/mol. The summed E-state index contributed by atoms with van der Waals surface area (Å²) in [6.45, 7) is 13.6. The molecule has 1 rings (SSSR count). The van der Waals surface area contributed by atoms with Crippen LogP contribution in [0.2, 0.25) is 0 Å². The van der Waals surface area contributed by atoms with Crippen molar-refractivity contribution >= 4 is 0 Å². The van der Waals surface area contributed by atoms with Crippen LogP contribution in [-0.4, -0.2) is 0 Å². The molecular weight excluding hydrogens is 228 g/mol. The van der Waals surface area contributed by atoms with Crippen molar-refractivity contribution in [1.29, 1.82) is 0 Å². The Kier molecular flexibility index (Phi) is 6.34. The van der Waals surface area contributed by atoms with Crippen molar-refractivity contribution < 1.29 is 0 Å². The van der Waals surface area contributed by atoms with E-state index in [1.54, 1.807) is 5.56 Å². The second-order valence-electron chi connectivity index (χ2n) is 5.77. The van der Waals surface area contributed by atoms with Gasteiger partial charge in [0, 0.05) is 0 Å². The lowest BCUT2D eigenvalue weighted by Gasteiger charge is -2.23. The Hall–Kier alpha value is -1.04. The topological polar surface area (TPSA) is 0 Å². The summed E-state index contributed by atoms with van der Waals surface area (Å²) >= 11 is 0. The van der Waals surface area contributed by atoms with Gasteiger partial charge in [0.2, 0.25) is 0 Å². The van der Waals surface area contributed by atoms with E-state index >= 15 is 0 Å². The predicted octanol–water partition coefficient (Wildman–Crippen LogP) is 6.16. The van der Waals surface area contributed by atoms with Gasteiger partial charge >= 0.3 is 0 Å². The molecule has 0 aliphatic carbocycles. The Morgan fingerprint density at radius 1 is 0.947 bits per heavy atom. The van der Waals surface area contributed by atoms with E-state index in [0.717, 1.165) is 6.42 Å². The molecule has 0 bridgehead atoms. The van der Waals surface area contributed by atoms with Gasteiger partial charge < -0.3 is 0 Å². The summed E-state index contributed by atoms with van der Waals surface area (Å²) in [6, 6.07) is 2.33. The van der Waals surface area contributed by atoms with Crippen molar-refractivity contribution in [3.05, 3.63) is 46.0 Å². The standard InChI is InChI=1S/C19H30/c1-7-9-10-12-18(11-8-2)19-16(5)14(3)13-15(4)17(19)6/h9-10,13,18H,7-8,11-12H2,1-6H3/b10-9-. The molecule has 0 amide bonds. The van der Waals surface area contributed by atoms with Gasteiger partial charge in [-0.3, -0.25) is 0 Å². The van der Waals surface area contributed by atoms with Crippen molar-refractivity contribution in [3.63, 3.8) is 0 Å². The van der Waals surface area contributed by atoms with Crippen LogP contribution >= 0.6 is 0 Å². The van der Waals surface area contributed by atoms with Gasteiger partial charge in [-0.25, -0.2) is 0 Å². The molecule has 0 heteroatoms. The molecular formula is C19H30. The van der Waals surface area contributed by atoms with Crippen LogP contribution in [0.25, 0.3) is 0 Å². The fourth-order valence-corrected chi connectivity index (χ4v) is 3.02. The number of hydrogen-bond donors (Lipinski definition) is 0. The summed E-state index contributed by atoms with van der Waals surface area (Å²) in [5, 5.41) is 0. The Bertz CT molecular complexity index is 412. The second-order valence-corrected chi connectivity index (χ2v) is 5.77. The molecule has 0 radical (unpaired) electrons. The van der Waals surface area contributed by atoms with Crippen molar-refractivity contribution in [2.75, 3.05) is 0 Å². The van der Waals surface area contributed by atoms with Gasteiger partial charge in [-0.1, -0.05) is 38.5 Å². The van der Waals surface area contributed by atoms with Crippen LogP contribution in [0.1, 0.15) is 73.3 Å². The van der Waals surface area contributed by atoms with Gasteiger partial charge in [-0.15, -0.1) is 0 Å². The number of hydrogen-bond acceptors (Lipinski definition) is 0. The Morgan fingerprint density at radius 3 is 2.00 bits per heavy atom. The first-order chi connectivity index (χ1) is 9.02. The lowest BCUT2D eigenvalue weighted by Crippen LogP contribution is -2.06. The number of benzene rings is 1. The molecule has 0 saturated heterocycles. The van der Waals surface area contributed by atoms with Crippen LogP contribution in [0.4, 0.5) is 0 Å². The third-order valence-corrected chi connectivity index (χ3v) is 4.29. The molecule has 19 heavy (non-hydrogen) atoms. The molecule has 1 atom stereocenters. The normalized spacial score (nSPS) is 13.2. The zero-order chi connectivity index (χ0) is 14.4. The van der Waals surface area contributed by atoms with Crippen molar-refractivity contribution in [1.82, 2.24) is 0 Å². The van der Waals surface area contributed by atoms with E-state index < -0.39 is 0 Å². The SMILES string of the molecule is CC/C=C\CC(CCC)c1c(C)c(C)cc(C)c1C. The summed E-state index contributed by atoms with van der Waals surface area (Å²) < 4.78 is 0. The fourth-order valence-electron chi connectivity index (χ4n) is 3.02. The van der Waals surface area contributed by atoms with E-state index in [0.29, 0.717) is 5.92 Å². The third-order valence-electron chi connectivity index (χ3n) is 4.29. The van der Waals surface area contributed by atoms with Crippen molar-refractivity contribution in [2.24, 2.45) is 0 Å². The van der Waals surface area contributed by atoms with Gasteiger partial charge in [0.15, 0.2) is 0 Å². The number of aryl methyl sites for hydroxylation is 2. The first-order valence-electron chi connectivity index (χ1n) is 7.75. The maximum Gasteiger partial charge on any atom is -0.0122 e. The van der Waals surface area contributed by atoms with Crippen molar-refractivity contribution in [3.8, 4) is 0 Å². The lowest BCUT2D eigenvalue weighted by molar-refractivity contribution is 0.612. The molecule has 0 nitrogen and oxygen atoms in total. The van der Waals surface area contributed by atoms with Crippen LogP contribution in [0.3, 0.4) is 0 Å². The molecule has 106 valence electrons. The summed E-state index contributed by atoms with van der Waals surface area (Å²) in [5.74, 6) is 0.686. The van der Waals surface area contributed by atoms with E-state index in [4.69, 9.17) is 0 Å². The molecule has 0 aromatic heterocycles. The maximum absolute atomic E-state index is 2.37. The Morgan fingerprint density at radius 2 is 1.53 bits per heavy atom. The molecule has 0 saturated carbocycles. The summed E-state index contributed by atoms with van der Waals surface area (Å²) in [7, 11) is 0. The van der Waals surface area contributed by atoms with Gasteiger partial charge in [-0.2, -0.15) is 0 Å². The fraction of sp³-hybridized carbons (Fsp3) is 0.579. The molecule has 1 aromatic carbocycles. The van der Waals surface area contributed by atoms with Crippen LogP contribution in [0.5, 0.6) is 0 Å². The highest BCUT2D eigenvalue weighted by molar-refractivity contribution is 5.46. The first-order valence-corrected chi connectivity index (χ1v) is 7.75. The Balaban J connectivity index is 3.17. The van der Waals surface area contributed by atoms with Crippen molar-refractivity contribution in [2.45, 2.75) is 73.1 Å². The monoisotopic (exact) mass is 258 g/mol. The highest BCUT2D eigenvalue weighted by atomic mass is 14.2. The Labute approximate surface area is 119 Å². The summed E-state index contributed by atoms with van der Waals surface area (Å²) in [6.07, 6.45) is 9.55.